The van der Waals surface area contributed by atoms with Crippen molar-refractivity contribution in [2.24, 2.45) is 5.92 Å². The van der Waals surface area contributed by atoms with E-state index in [0.717, 1.165) is 16.7 Å². The summed E-state index contributed by atoms with van der Waals surface area (Å²) in [4.78, 5) is 12.3. The van der Waals surface area contributed by atoms with Crippen LogP contribution in [0.3, 0.4) is 0 Å². The van der Waals surface area contributed by atoms with E-state index < -0.39 is 0 Å². The van der Waals surface area contributed by atoms with E-state index in [1.54, 1.807) is 7.11 Å². The summed E-state index contributed by atoms with van der Waals surface area (Å²) in [6.07, 6.45) is 0. The largest absolute Gasteiger partial charge is 0.380 e. The van der Waals surface area contributed by atoms with Crippen molar-refractivity contribution in [1.29, 1.82) is 0 Å². The number of nitrogens with one attached hydrogen (secondary N) is 2. The highest BCUT2D eigenvalue weighted by Gasteiger charge is 2.17. The summed E-state index contributed by atoms with van der Waals surface area (Å²) in [5.41, 5.74) is 3.27. The van der Waals surface area contributed by atoms with Gasteiger partial charge in [-0.3, -0.25) is 0 Å². The van der Waals surface area contributed by atoms with Crippen LogP contribution in [0.25, 0.3) is 0 Å². The van der Waals surface area contributed by atoms with Crippen molar-refractivity contribution in [1.82, 2.24) is 10.6 Å². The maximum Gasteiger partial charge on any atom is 0.315 e. The molecule has 0 aromatic heterocycles. The molecule has 0 spiro atoms. The minimum absolute atomic E-state index is 0.0135. The van der Waals surface area contributed by atoms with Crippen LogP contribution >= 0.6 is 0 Å². The average molecular weight is 326 g/mol. The van der Waals surface area contributed by atoms with Crippen molar-refractivity contribution < 1.29 is 9.53 Å². The first-order chi connectivity index (χ1) is 11.6. The molecule has 4 heteroatoms. The molecule has 128 valence electrons. The quantitative estimate of drug-likeness (QED) is 0.807. The van der Waals surface area contributed by atoms with E-state index >= 15 is 0 Å². The van der Waals surface area contributed by atoms with Gasteiger partial charge in [-0.25, -0.2) is 4.79 Å². The van der Waals surface area contributed by atoms with Gasteiger partial charge >= 0.3 is 6.03 Å². The standard InChI is InChI=1S/C20H26N2O2/c1-15(2)19(16-9-5-4-6-10-16)22-20(23)21-13-17-11-7-8-12-18(17)14-24-3/h4-12,15,19H,13-14H2,1-3H3,(H2,21,22,23). The zero-order chi connectivity index (χ0) is 17.4. The number of urea groups is 1. The van der Waals surface area contributed by atoms with Crippen molar-refractivity contribution in [2.45, 2.75) is 33.0 Å². The zero-order valence-corrected chi connectivity index (χ0v) is 14.6. The Labute approximate surface area is 144 Å². The molecular weight excluding hydrogens is 300 g/mol. The Morgan fingerprint density at radius 1 is 1.00 bits per heavy atom. The van der Waals surface area contributed by atoms with E-state index in [2.05, 4.69) is 24.5 Å². The first-order valence-electron chi connectivity index (χ1n) is 8.27. The molecule has 2 N–H and O–H groups in total. The Morgan fingerprint density at radius 2 is 1.62 bits per heavy atom. The van der Waals surface area contributed by atoms with E-state index in [-0.39, 0.29) is 12.1 Å². The smallest absolute Gasteiger partial charge is 0.315 e. The van der Waals surface area contributed by atoms with Gasteiger partial charge in [0.15, 0.2) is 0 Å². The summed E-state index contributed by atoms with van der Waals surface area (Å²) >= 11 is 0. The summed E-state index contributed by atoms with van der Waals surface area (Å²) in [7, 11) is 1.67. The molecule has 0 saturated carbocycles. The van der Waals surface area contributed by atoms with Crippen LogP contribution in [-0.2, 0) is 17.9 Å². The second-order valence-corrected chi connectivity index (χ2v) is 6.16. The molecule has 1 unspecified atom stereocenters. The average Bonchev–Trinajstić information content (AvgIpc) is 2.59. The highest BCUT2D eigenvalue weighted by Crippen LogP contribution is 2.21. The normalized spacial score (nSPS) is 12.0. The van der Waals surface area contributed by atoms with Crippen LogP contribution in [0.1, 0.15) is 36.6 Å². The van der Waals surface area contributed by atoms with Gasteiger partial charge in [-0.2, -0.15) is 0 Å². The van der Waals surface area contributed by atoms with Gasteiger partial charge in [-0.1, -0.05) is 68.4 Å². The van der Waals surface area contributed by atoms with Gasteiger partial charge in [0.2, 0.25) is 0 Å². The number of rotatable bonds is 7. The third-order valence-corrected chi connectivity index (χ3v) is 3.97. The maximum absolute atomic E-state index is 12.3. The number of hydrogen-bond donors (Lipinski definition) is 2. The molecule has 0 radical (unpaired) electrons. The predicted molar refractivity (Wildman–Crippen MR) is 96.5 cm³/mol. The lowest BCUT2D eigenvalue weighted by atomic mass is 9.96. The Kier molecular flexibility index (Phi) is 6.82. The summed E-state index contributed by atoms with van der Waals surface area (Å²) < 4.78 is 5.20. The van der Waals surface area contributed by atoms with Crippen LogP contribution in [0.15, 0.2) is 54.6 Å². The van der Waals surface area contributed by atoms with E-state index in [0.29, 0.717) is 19.1 Å². The second-order valence-electron chi connectivity index (χ2n) is 6.16. The minimum Gasteiger partial charge on any atom is -0.380 e. The van der Waals surface area contributed by atoms with Crippen molar-refractivity contribution in [3.8, 4) is 0 Å². The summed E-state index contributed by atoms with van der Waals surface area (Å²) in [5.74, 6) is 0.305. The molecule has 0 saturated heterocycles. The Morgan fingerprint density at radius 3 is 2.25 bits per heavy atom. The van der Waals surface area contributed by atoms with Crippen LogP contribution in [0.2, 0.25) is 0 Å². The summed E-state index contributed by atoms with van der Waals surface area (Å²) in [6, 6.07) is 17.8. The van der Waals surface area contributed by atoms with Gasteiger partial charge < -0.3 is 15.4 Å². The first kappa shape index (κ1) is 18.0. The van der Waals surface area contributed by atoms with Crippen molar-refractivity contribution in [3.05, 3.63) is 71.3 Å². The molecule has 2 aromatic rings. The molecule has 24 heavy (non-hydrogen) atoms. The van der Waals surface area contributed by atoms with Crippen molar-refractivity contribution >= 4 is 6.03 Å². The number of hydrogen-bond acceptors (Lipinski definition) is 2. The van der Waals surface area contributed by atoms with Crippen LogP contribution in [0.4, 0.5) is 4.79 Å². The van der Waals surface area contributed by atoms with Gasteiger partial charge in [0.05, 0.1) is 12.6 Å². The lowest BCUT2D eigenvalue weighted by Gasteiger charge is -2.23. The lowest BCUT2D eigenvalue weighted by Crippen LogP contribution is -2.39. The lowest BCUT2D eigenvalue weighted by molar-refractivity contribution is 0.184. The highest BCUT2D eigenvalue weighted by atomic mass is 16.5. The molecule has 2 rings (SSSR count). The maximum atomic E-state index is 12.3. The summed E-state index contributed by atoms with van der Waals surface area (Å²) in [5, 5.41) is 6.02. The van der Waals surface area contributed by atoms with Gasteiger partial charge in [-0.15, -0.1) is 0 Å². The molecule has 1 atom stereocenters. The number of amides is 2. The van der Waals surface area contributed by atoms with Gasteiger partial charge in [0.25, 0.3) is 0 Å². The van der Waals surface area contributed by atoms with Gasteiger partial charge in [-0.05, 0) is 22.6 Å². The molecule has 0 aliphatic heterocycles. The Balaban J connectivity index is 1.97. The molecule has 0 aliphatic rings. The fourth-order valence-electron chi connectivity index (χ4n) is 2.69. The molecule has 0 bridgehead atoms. The minimum atomic E-state index is -0.162. The molecular formula is C20H26N2O2. The topological polar surface area (TPSA) is 50.4 Å². The third kappa shape index (κ3) is 5.10. The monoisotopic (exact) mass is 326 g/mol. The third-order valence-electron chi connectivity index (χ3n) is 3.97. The first-order valence-corrected chi connectivity index (χ1v) is 8.27. The predicted octanol–water partition coefficient (Wildman–Crippen LogP) is 4.03. The van der Waals surface area contributed by atoms with Gasteiger partial charge in [0, 0.05) is 13.7 Å². The SMILES string of the molecule is COCc1ccccc1CNC(=O)NC(c1ccccc1)C(C)C. The molecule has 2 aromatic carbocycles. The summed E-state index contributed by atoms with van der Waals surface area (Å²) in [6.45, 7) is 5.22. The number of benzene rings is 2. The number of carbonyl (C=O) groups excluding carboxylic acids is 1. The molecule has 0 heterocycles. The van der Waals surface area contributed by atoms with E-state index in [1.807, 2.05) is 54.6 Å². The Bertz CT molecular complexity index is 641. The number of carbonyl (C=O) groups is 1. The van der Waals surface area contributed by atoms with Gasteiger partial charge in [0.1, 0.15) is 0 Å². The number of ether oxygens (including phenoxy) is 1. The molecule has 2 amide bonds. The highest BCUT2D eigenvalue weighted by molar-refractivity contribution is 5.74. The molecule has 0 aliphatic carbocycles. The number of methoxy groups -OCH3 is 1. The Hall–Kier alpha value is -2.33. The second kappa shape index (κ2) is 9.08. The van der Waals surface area contributed by atoms with Crippen LogP contribution in [0.5, 0.6) is 0 Å². The van der Waals surface area contributed by atoms with E-state index in [4.69, 9.17) is 4.74 Å². The van der Waals surface area contributed by atoms with E-state index in [9.17, 15) is 4.79 Å². The fourth-order valence-corrected chi connectivity index (χ4v) is 2.69. The van der Waals surface area contributed by atoms with E-state index in [1.165, 1.54) is 0 Å². The zero-order valence-electron chi connectivity index (χ0n) is 14.6. The van der Waals surface area contributed by atoms with Crippen molar-refractivity contribution in [3.63, 3.8) is 0 Å². The molecule has 0 fully saturated rings. The van der Waals surface area contributed by atoms with Crippen LogP contribution < -0.4 is 10.6 Å². The van der Waals surface area contributed by atoms with Crippen LogP contribution in [-0.4, -0.2) is 13.1 Å². The fraction of sp³-hybridized carbons (Fsp3) is 0.350. The molecule has 4 nitrogen and oxygen atoms in total. The van der Waals surface area contributed by atoms with Crippen molar-refractivity contribution in [2.75, 3.05) is 7.11 Å². The van der Waals surface area contributed by atoms with Crippen LogP contribution in [0, 0.1) is 5.92 Å².